The topological polar surface area (TPSA) is 67.3 Å². The molecule has 0 bridgehead atoms. The quantitative estimate of drug-likeness (QED) is 0.778. The molecule has 1 atom stereocenters. The van der Waals surface area contributed by atoms with Gasteiger partial charge in [-0.25, -0.2) is 4.98 Å². The van der Waals surface area contributed by atoms with Crippen molar-refractivity contribution >= 4 is 17.4 Å². The Bertz CT molecular complexity index is 830. The molecule has 0 radical (unpaired) electrons. The van der Waals surface area contributed by atoms with Crippen LogP contribution in [0.15, 0.2) is 36.8 Å². The van der Waals surface area contributed by atoms with Crippen LogP contribution in [0.3, 0.4) is 0 Å². The van der Waals surface area contributed by atoms with Gasteiger partial charge in [0, 0.05) is 25.5 Å². The molecule has 1 saturated heterocycles. The lowest BCUT2D eigenvalue weighted by Crippen LogP contribution is -2.41. The van der Waals surface area contributed by atoms with Crippen molar-refractivity contribution in [2.75, 3.05) is 29.9 Å². The number of hydrogen-bond acceptors (Lipinski definition) is 5. The lowest BCUT2D eigenvalue weighted by molar-refractivity contribution is -0.137. The maximum atomic E-state index is 13.1. The molecule has 1 aromatic carbocycles. The Labute approximate surface area is 167 Å². The highest BCUT2D eigenvalue weighted by molar-refractivity contribution is 5.94. The zero-order valence-electron chi connectivity index (χ0n) is 16.1. The van der Waals surface area contributed by atoms with E-state index in [1.165, 1.54) is 6.07 Å². The highest BCUT2D eigenvalue weighted by atomic mass is 19.4. The molecule has 1 unspecified atom stereocenters. The monoisotopic (exact) mass is 408 g/mol. The first kappa shape index (κ1) is 20.9. The van der Waals surface area contributed by atoms with E-state index in [-0.39, 0.29) is 23.3 Å². The number of piperidine rings is 1. The minimum atomic E-state index is -4.50. The van der Waals surface area contributed by atoms with Gasteiger partial charge in [0.1, 0.15) is 11.6 Å². The number of nitrogens with zero attached hydrogens (tertiary/aromatic N) is 3. The van der Waals surface area contributed by atoms with E-state index < -0.39 is 11.7 Å². The summed E-state index contributed by atoms with van der Waals surface area (Å²) in [5.74, 6) is 0.199. The van der Waals surface area contributed by atoms with Crippen molar-refractivity contribution in [1.29, 1.82) is 0 Å². The first-order chi connectivity index (χ1) is 13.9. The average molecular weight is 408 g/mol. The van der Waals surface area contributed by atoms with Crippen LogP contribution in [0.2, 0.25) is 0 Å². The van der Waals surface area contributed by atoms with E-state index in [0.717, 1.165) is 25.1 Å². The summed E-state index contributed by atoms with van der Waals surface area (Å²) in [4.78, 5) is 23.1. The molecule has 3 rings (SSSR count). The summed E-state index contributed by atoms with van der Waals surface area (Å²) >= 11 is 0. The van der Waals surface area contributed by atoms with Gasteiger partial charge in [-0.05, 0) is 37.5 Å². The molecule has 0 spiro atoms. The van der Waals surface area contributed by atoms with Crippen molar-refractivity contribution in [3.8, 4) is 5.75 Å². The number of amides is 1. The Morgan fingerprint density at radius 2 is 2.17 bits per heavy atom. The summed E-state index contributed by atoms with van der Waals surface area (Å²) in [5, 5.41) is 2.65. The summed E-state index contributed by atoms with van der Waals surface area (Å²) in [5.41, 5.74) is -0.795. The lowest BCUT2D eigenvalue weighted by Gasteiger charge is -2.32. The molecule has 1 fully saturated rings. The van der Waals surface area contributed by atoms with Crippen LogP contribution < -0.4 is 15.0 Å². The Morgan fingerprint density at radius 1 is 1.34 bits per heavy atom. The number of hydrogen-bond donors (Lipinski definition) is 1. The molecular formula is C20H23F3N4O2. The Hall–Kier alpha value is -2.84. The van der Waals surface area contributed by atoms with Crippen molar-refractivity contribution in [2.45, 2.75) is 32.4 Å². The number of aromatic nitrogens is 2. The maximum Gasteiger partial charge on any atom is 0.416 e. The molecule has 2 aromatic rings. The van der Waals surface area contributed by atoms with Crippen LogP contribution in [-0.2, 0) is 11.0 Å². The summed E-state index contributed by atoms with van der Waals surface area (Å²) in [6, 6.07) is 3.13. The van der Waals surface area contributed by atoms with Crippen LogP contribution in [0.1, 0.15) is 31.7 Å². The minimum Gasteiger partial charge on any atom is -0.491 e. The standard InChI is InChI=1S/C20H23F3N4O2/c1-2-10-29-17-6-5-15(20(21,22)23)11-16(17)26-19(28)14-4-3-9-27(13-14)18-12-24-7-8-25-18/h5-8,11-12,14H,2-4,9-10,13H2,1H3,(H,26,28). The van der Waals surface area contributed by atoms with E-state index in [4.69, 9.17) is 4.74 Å². The van der Waals surface area contributed by atoms with Crippen molar-refractivity contribution in [2.24, 2.45) is 5.92 Å². The number of carbonyl (C=O) groups is 1. The minimum absolute atomic E-state index is 0.0369. The van der Waals surface area contributed by atoms with E-state index in [1.54, 1.807) is 18.6 Å². The van der Waals surface area contributed by atoms with E-state index in [0.29, 0.717) is 31.8 Å². The fraction of sp³-hybridized carbons (Fsp3) is 0.450. The molecule has 1 aliphatic heterocycles. The highest BCUT2D eigenvalue weighted by Crippen LogP contribution is 2.35. The third-order valence-corrected chi connectivity index (χ3v) is 4.69. The van der Waals surface area contributed by atoms with E-state index in [1.807, 2.05) is 11.8 Å². The van der Waals surface area contributed by atoms with Gasteiger partial charge in [-0.15, -0.1) is 0 Å². The van der Waals surface area contributed by atoms with Gasteiger partial charge >= 0.3 is 6.18 Å². The molecule has 1 aliphatic rings. The summed E-state index contributed by atoms with van der Waals surface area (Å²) < 4.78 is 44.9. The summed E-state index contributed by atoms with van der Waals surface area (Å²) in [7, 11) is 0. The van der Waals surface area contributed by atoms with Crippen molar-refractivity contribution < 1.29 is 22.7 Å². The molecule has 1 aromatic heterocycles. The van der Waals surface area contributed by atoms with Gasteiger partial charge < -0.3 is 15.0 Å². The molecule has 9 heteroatoms. The largest absolute Gasteiger partial charge is 0.491 e. The normalized spacial score (nSPS) is 17.1. The van der Waals surface area contributed by atoms with Gasteiger partial charge in [-0.3, -0.25) is 9.78 Å². The number of halogens is 3. The van der Waals surface area contributed by atoms with Gasteiger partial charge in [0.15, 0.2) is 0 Å². The predicted molar refractivity (Wildman–Crippen MR) is 103 cm³/mol. The van der Waals surface area contributed by atoms with Crippen LogP contribution in [0.4, 0.5) is 24.7 Å². The Kier molecular flexibility index (Phi) is 6.56. The van der Waals surface area contributed by atoms with Crippen LogP contribution >= 0.6 is 0 Å². The second-order valence-corrected chi connectivity index (χ2v) is 6.90. The first-order valence-corrected chi connectivity index (χ1v) is 9.54. The highest BCUT2D eigenvalue weighted by Gasteiger charge is 2.32. The van der Waals surface area contributed by atoms with Gasteiger partial charge in [0.05, 0.1) is 30.0 Å². The van der Waals surface area contributed by atoms with Crippen molar-refractivity contribution in [3.05, 3.63) is 42.4 Å². The smallest absolute Gasteiger partial charge is 0.416 e. The van der Waals surface area contributed by atoms with Crippen molar-refractivity contribution in [3.63, 3.8) is 0 Å². The summed E-state index contributed by atoms with van der Waals surface area (Å²) in [6.07, 6.45) is 2.40. The zero-order chi connectivity index (χ0) is 20.9. The second kappa shape index (κ2) is 9.11. The van der Waals surface area contributed by atoms with E-state index >= 15 is 0 Å². The number of carbonyl (C=O) groups excluding carboxylic acids is 1. The van der Waals surface area contributed by atoms with Crippen LogP contribution in [-0.4, -0.2) is 35.6 Å². The third-order valence-electron chi connectivity index (χ3n) is 4.69. The molecule has 1 N–H and O–H groups in total. The predicted octanol–water partition coefficient (Wildman–Crippen LogP) is 4.14. The zero-order valence-corrected chi connectivity index (χ0v) is 16.1. The molecule has 156 valence electrons. The number of nitrogens with one attached hydrogen (secondary N) is 1. The second-order valence-electron chi connectivity index (χ2n) is 6.90. The van der Waals surface area contributed by atoms with Crippen molar-refractivity contribution in [1.82, 2.24) is 9.97 Å². The average Bonchev–Trinajstić information content (AvgIpc) is 2.73. The Balaban J connectivity index is 1.76. The summed E-state index contributed by atoms with van der Waals surface area (Å²) in [6.45, 7) is 3.41. The van der Waals surface area contributed by atoms with Gasteiger partial charge in [0.25, 0.3) is 0 Å². The van der Waals surface area contributed by atoms with E-state index in [9.17, 15) is 18.0 Å². The number of alkyl halides is 3. The molecule has 1 amide bonds. The fourth-order valence-electron chi connectivity index (χ4n) is 3.23. The van der Waals surface area contributed by atoms with Gasteiger partial charge in [0.2, 0.25) is 5.91 Å². The van der Waals surface area contributed by atoms with Gasteiger partial charge in [-0.1, -0.05) is 6.92 Å². The molecule has 2 heterocycles. The molecular weight excluding hydrogens is 385 g/mol. The number of rotatable bonds is 6. The maximum absolute atomic E-state index is 13.1. The lowest BCUT2D eigenvalue weighted by atomic mass is 9.97. The molecule has 6 nitrogen and oxygen atoms in total. The van der Waals surface area contributed by atoms with Gasteiger partial charge in [-0.2, -0.15) is 13.2 Å². The first-order valence-electron chi connectivity index (χ1n) is 9.54. The number of ether oxygens (including phenoxy) is 1. The number of anilines is 2. The molecule has 0 aliphatic carbocycles. The number of benzene rings is 1. The molecule has 29 heavy (non-hydrogen) atoms. The Morgan fingerprint density at radius 3 is 2.86 bits per heavy atom. The van der Waals surface area contributed by atoms with E-state index in [2.05, 4.69) is 15.3 Å². The fourth-order valence-corrected chi connectivity index (χ4v) is 3.23. The third kappa shape index (κ3) is 5.36. The molecule has 0 saturated carbocycles. The SMILES string of the molecule is CCCOc1ccc(C(F)(F)F)cc1NC(=O)C1CCCN(c2cnccn2)C1. The van der Waals surface area contributed by atoms with Crippen LogP contribution in [0, 0.1) is 5.92 Å². The van der Waals surface area contributed by atoms with Crippen LogP contribution in [0.25, 0.3) is 0 Å². The van der Waals surface area contributed by atoms with Crippen LogP contribution in [0.5, 0.6) is 5.75 Å².